The number of carbonyl (C=O) groups is 1. The van der Waals surface area contributed by atoms with Gasteiger partial charge in [0.15, 0.2) is 6.10 Å². The van der Waals surface area contributed by atoms with Crippen LogP contribution in [0.4, 0.5) is 0 Å². The zero-order valence-corrected chi connectivity index (χ0v) is 4.63. The maximum atomic E-state index is 10.1. The maximum absolute atomic E-state index is 10.1. The highest BCUT2D eigenvalue weighted by Crippen LogP contribution is 2.18. The van der Waals surface area contributed by atoms with Gasteiger partial charge < -0.3 is 9.84 Å². The molecule has 0 aromatic rings. The Kier molecular flexibility index (Phi) is 1.21. The van der Waals surface area contributed by atoms with Crippen molar-refractivity contribution in [3.05, 3.63) is 0 Å². The van der Waals surface area contributed by atoms with E-state index in [9.17, 15) is 4.79 Å². The van der Waals surface area contributed by atoms with Gasteiger partial charge in [-0.05, 0) is 0 Å². The summed E-state index contributed by atoms with van der Waals surface area (Å²) in [7, 11) is 0. The monoisotopic (exact) mass is 116 g/mol. The fraction of sp³-hybridized carbons (Fsp3) is 0.800. The van der Waals surface area contributed by atoms with Crippen LogP contribution in [-0.2, 0) is 9.53 Å². The lowest BCUT2D eigenvalue weighted by molar-refractivity contribution is -0.175. The molecule has 46 valence electrons. The van der Waals surface area contributed by atoms with Crippen LogP contribution in [0.15, 0.2) is 0 Å². The van der Waals surface area contributed by atoms with Crippen LogP contribution in [0.2, 0.25) is 0 Å². The van der Waals surface area contributed by atoms with Crippen LogP contribution in [-0.4, -0.2) is 23.8 Å². The average Bonchev–Trinajstić information content (AvgIpc) is 1.61. The summed E-state index contributed by atoms with van der Waals surface area (Å²) in [4.78, 5) is 10.1. The molecule has 0 aromatic carbocycles. The molecule has 0 amide bonds. The molecule has 0 bridgehead atoms. The molecular weight excluding hydrogens is 108 g/mol. The van der Waals surface area contributed by atoms with Gasteiger partial charge in [0.1, 0.15) is 0 Å². The number of carboxylic acid groups (broad SMARTS) is 1. The van der Waals surface area contributed by atoms with Crippen LogP contribution in [0, 0.1) is 5.92 Å². The van der Waals surface area contributed by atoms with Crippen LogP contribution < -0.4 is 0 Å². The molecular formula is C5H8O3. The first-order chi connectivity index (χ1) is 3.72. The van der Waals surface area contributed by atoms with E-state index in [1.165, 1.54) is 0 Å². The Labute approximate surface area is 47.3 Å². The number of ether oxygens (including phenoxy) is 1. The fourth-order valence-corrected chi connectivity index (χ4v) is 0.700. The summed E-state index contributed by atoms with van der Waals surface area (Å²) in [6.07, 6.45) is -0.532. The predicted octanol–water partition coefficient (Wildman–Crippen LogP) is 0.106. The van der Waals surface area contributed by atoms with E-state index in [4.69, 9.17) is 9.84 Å². The van der Waals surface area contributed by atoms with Gasteiger partial charge in [-0.2, -0.15) is 0 Å². The Morgan fingerprint density at radius 3 is 2.50 bits per heavy atom. The van der Waals surface area contributed by atoms with Gasteiger partial charge in [0.25, 0.3) is 0 Å². The highest BCUT2D eigenvalue weighted by molar-refractivity contribution is 5.73. The molecule has 0 unspecified atom stereocenters. The molecule has 3 heteroatoms. The Bertz CT molecular complexity index is 110. The van der Waals surface area contributed by atoms with Gasteiger partial charge in [-0.15, -0.1) is 0 Å². The van der Waals surface area contributed by atoms with E-state index >= 15 is 0 Å². The Morgan fingerprint density at radius 1 is 1.88 bits per heavy atom. The quantitative estimate of drug-likeness (QED) is 0.528. The molecule has 0 spiro atoms. The molecule has 2 atom stereocenters. The average molecular weight is 116 g/mol. The largest absolute Gasteiger partial charge is 0.479 e. The molecule has 1 aliphatic heterocycles. The number of hydrogen-bond donors (Lipinski definition) is 1. The lowest BCUT2D eigenvalue weighted by Gasteiger charge is -2.30. The SMILES string of the molecule is C[C@H]1CO[C@H]1C(=O)O. The summed E-state index contributed by atoms with van der Waals surface area (Å²) in [6.45, 7) is 2.46. The summed E-state index contributed by atoms with van der Waals surface area (Å²) in [5.41, 5.74) is 0. The van der Waals surface area contributed by atoms with Crippen molar-refractivity contribution in [2.75, 3.05) is 6.61 Å². The summed E-state index contributed by atoms with van der Waals surface area (Å²) in [6, 6.07) is 0. The zero-order chi connectivity index (χ0) is 6.15. The molecule has 1 N–H and O–H groups in total. The molecule has 0 saturated carbocycles. The van der Waals surface area contributed by atoms with Crippen molar-refractivity contribution in [1.82, 2.24) is 0 Å². The van der Waals surface area contributed by atoms with E-state index in [2.05, 4.69) is 0 Å². The van der Waals surface area contributed by atoms with Crippen molar-refractivity contribution < 1.29 is 14.6 Å². The Hall–Kier alpha value is -0.570. The Morgan fingerprint density at radius 2 is 2.50 bits per heavy atom. The third-order valence-electron chi connectivity index (χ3n) is 1.30. The molecule has 1 aliphatic rings. The van der Waals surface area contributed by atoms with Crippen molar-refractivity contribution >= 4 is 5.97 Å². The van der Waals surface area contributed by atoms with Gasteiger partial charge in [0.05, 0.1) is 6.61 Å². The van der Waals surface area contributed by atoms with Crippen LogP contribution in [0.3, 0.4) is 0 Å². The van der Waals surface area contributed by atoms with Gasteiger partial charge >= 0.3 is 5.97 Å². The second-order valence-electron chi connectivity index (χ2n) is 2.07. The molecule has 3 nitrogen and oxygen atoms in total. The normalized spacial score (nSPS) is 36.1. The van der Waals surface area contributed by atoms with E-state index in [0.717, 1.165) is 0 Å². The molecule has 1 rings (SSSR count). The van der Waals surface area contributed by atoms with Crippen molar-refractivity contribution in [3.8, 4) is 0 Å². The summed E-state index contributed by atoms with van der Waals surface area (Å²) in [5, 5.41) is 8.28. The lowest BCUT2D eigenvalue weighted by Crippen LogP contribution is -2.43. The van der Waals surface area contributed by atoms with Crippen LogP contribution in [0.5, 0.6) is 0 Å². The van der Waals surface area contributed by atoms with Crippen molar-refractivity contribution in [2.24, 2.45) is 5.92 Å². The second kappa shape index (κ2) is 1.74. The molecule has 1 heterocycles. The number of aliphatic carboxylic acids is 1. The van der Waals surface area contributed by atoms with E-state index < -0.39 is 12.1 Å². The first-order valence-corrected chi connectivity index (χ1v) is 2.56. The van der Waals surface area contributed by atoms with E-state index in [0.29, 0.717) is 6.61 Å². The van der Waals surface area contributed by atoms with Gasteiger partial charge in [-0.1, -0.05) is 6.92 Å². The van der Waals surface area contributed by atoms with Crippen molar-refractivity contribution in [2.45, 2.75) is 13.0 Å². The summed E-state index contributed by atoms with van der Waals surface area (Å²) in [5.74, 6) is -0.642. The molecule has 8 heavy (non-hydrogen) atoms. The number of rotatable bonds is 1. The van der Waals surface area contributed by atoms with Gasteiger partial charge in [0, 0.05) is 5.92 Å². The van der Waals surface area contributed by atoms with Crippen LogP contribution in [0.1, 0.15) is 6.92 Å². The molecule has 0 aromatic heterocycles. The predicted molar refractivity (Wildman–Crippen MR) is 26.5 cm³/mol. The third-order valence-corrected chi connectivity index (χ3v) is 1.30. The lowest BCUT2D eigenvalue weighted by atomic mass is 10.0. The van der Waals surface area contributed by atoms with E-state index in [1.54, 1.807) is 0 Å². The van der Waals surface area contributed by atoms with Crippen LogP contribution >= 0.6 is 0 Å². The number of carboxylic acids is 1. The molecule has 0 radical (unpaired) electrons. The minimum atomic E-state index is -0.844. The zero-order valence-electron chi connectivity index (χ0n) is 4.63. The fourth-order valence-electron chi connectivity index (χ4n) is 0.700. The topological polar surface area (TPSA) is 46.5 Å². The maximum Gasteiger partial charge on any atom is 0.333 e. The first kappa shape index (κ1) is 5.56. The Balaban J connectivity index is 2.37. The van der Waals surface area contributed by atoms with Crippen LogP contribution in [0.25, 0.3) is 0 Å². The molecule has 1 saturated heterocycles. The summed E-state index contributed by atoms with van der Waals surface area (Å²) < 4.78 is 4.70. The second-order valence-corrected chi connectivity index (χ2v) is 2.07. The molecule has 1 fully saturated rings. The van der Waals surface area contributed by atoms with Crippen molar-refractivity contribution in [1.29, 1.82) is 0 Å². The highest BCUT2D eigenvalue weighted by atomic mass is 16.5. The standard InChI is InChI=1S/C5H8O3/c1-3-2-8-4(3)5(6)7/h3-4H,2H2,1H3,(H,6,7)/t3-,4+/m0/s1. The van der Waals surface area contributed by atoms with Gasteiger partial charge in [-0.25, -0.2) is 4.79 Å². The minimum absolute atomic E-state index is 0.201. The number of hydrogen-bond acceptors (Lipinski definition) is 2. The van der Waals surface area contributed by atoms with E-state index in [1.807, 2.05) is 6.92 Å². The van der Waals surface area contributed by atoms with Crippen molar-refractivity contribution in [3.63, 3.8) is 0 Å². The van der Waals surface area contributed by atoms with Gasteiger partial charge in [-0.3, -0.25) is 0 Å². The first-order valence-electron chi connectivity index (χ1n) is 2.56. The molecule has 0 aliphatic carbocycles. The van der Waals surface area contributed by atoms with E-state index in [-0.39, 0.29) is 5.92 Å². The van der Waals surface area contributed by atoms with Gasteiger partial charge in [0.2, 0.25) is 0 Å². The smallest absolute Gasteiger partial charge is 0.333 e. The summed E-state index contributed by atoms with van der Waals surface area (Å²) >= 11 is 0. The third kappa shape index (κ3) is 0.690. The highest BCUT2D eigenvalue weighted by Gasteiger charge is 2.33. The minimum Gasteiger partial charge on any atom is -0.479 e.